The number of thiol groups is 1. The summed E-state index contributed by atoms with van der Waals surface area (Å²) in [4.78, 5) is 134. The molecular formula is C89H156FN7O29S2. The molecule has 10 N–H and O–H groups in total. The lowest BCUT2D eigenvalue weighted by Gasteiger charge is -2.40. The van der Waals surface area contributed by atoms with Crippen LogP contribution in [-0.2, 0) is 111 Å². The van der Waals surface area contributed by atoms with E-state index in [9.17, 15) is 57.4 Å². The number of amides is 5. The van der Waals surface area contributed by atoms with Crippen molar-refractivity contribution in [3.8, 4) is 0 Å². The number of hydrogen-bond acceptors (Lipinski definition) is 32. The number of likely N-dealkylation sites (tertiary alicyclic amines) is 1. The Labute approximate surface area is 766 Å². The third kappa shape index (κ3) is 53.7. The first-order valence-electron chi connectivity index (χ1n) is 44.9. The number of methoxy groups -OCH3 is 4. The van der Waals surface area contributed by atoms with Gasteiger partial charge in [0, 0.05) is 116 Å². The van der Waals surface area contributed by atoms with Crippen LogP contribution in [0.3, 0.4) is 0 Å². The largest absolute Gasteiger partial charge is 0.481 e. The van der Waals surface area contributed by atoms with Gasteiger partial charge in [0.05, 0.1) is 76.0 Å². The SMILES string of the molecule is CCC(CO)OC(CO)OC.CCC(CO)OC(COC(=O)CCCC(=O)NCCS)OC.CCC(CO)OC(COC(=O)CCCC(=O)O)OC.CCCO[C@H](CC(C(C)C)N(CCC)C(=O)[C@@H](NC(=O)[C@H]1CCCCN1C)[C@@H](C)CC)c1nc(C(=O)N[C@@H](Cc2ccc(F)cc2)C[C@H](C)C(=O)OC(C)CNC(=O)CCCC(=O)OCC(OC)OC(CC)CO)cs1. The van der Waals surface area contributed by atoms with E-state index in [1.807, 2.05) is 67.3 Å². The first kappa shape index (κ1) is 121. The van der Waals surface area contributed by atoms with Crippen molar-refractivity contribution >= 4 is 83.3 Å². The van der Waals surface area contributed by atoms with E-state index >= 15 is 0 Å². The number of nitrogens with zero attached hydrogens (tertiary/aromatic N) is 3. The molecule has 3 rings (SSSR count). The van der Waals surface area contributed by atoms with Crippen molar-refractivity contribution < 1.29 is 145 Å². The van der Waals surface area contributed by atoms with E-state index in [0.29, 0.717) is 81.8 Å². The summed E-state index contributed by atoms with van der Waals surface area (Å²) in [6.45, 7) is 24.4. The molecule has 1 aromatic heterocycles. The Bertz CT molecular complexity index is 3290. The molecule has 740 valence electrons. The van der Waals surface area contributed by atoms with E-state index in [-0.39, 0.29) is 195 Å². The van der Waals surface area contributed by atoms with Gasteiger partial charge in [-0.1, -0.05) is 101 Å². The maximum absolute atomic E-state index is 14.8. The zero-order valence-electron chi connectivity index (χ0n) is 78.8. The Morgan fingerprint density at radius 1 is 0.609 bits per heavy atom. The molecule has 2 aromatic rings. The number of hydrogen-bond donors (Lipinski definition) is 11. The highest BCUT2D eigenvalue weighted by molar-refractivity contribution is 7.80. The Morgan fingerprint density at radius 2 is 1.09 bits per heavy atom. The Morgan fingerprint density at radius 3 is 1.52 bits per heavy atom. The fourth-order valence-electron chi connectivity index (χ4n) is 12.5. The Balaban J connectivity index is 0.00000247. The number of carbonyl (C=O) groups is 10. The normalized spacial score (nSPS) is 16.2. The first-order chi connectivity index (χ1) is 61.1. The molecule has 1 aliphatic heterocycles. The minimum absolute atomic E-state index is 0.0105. The van der Waals surface area contributed by atoms with Gasteiger partial charge in [-0.05, 0) is 134 Å². The summed E-state index contributed by atoms with van der Waals surface area (Å²) in [5, 5.41) is 67.0. The molecule has 10 unspecified atom stereocenters. The summed E-state index contributed by atoms with van der Waals surface area (Å²) >= 11 is 5.28. The molecule has 128 heavy (non-hydrogen) atoms. The number of thiazole rings is 1. The molecule has 0 radical (unpaired) electrons. The number of carboxylic acids is 1. The van der Waals surface area contributed by atoms with Gasteiger partial charge in [0.15, 0.2) is 25.2 Å². The summed E-state index contributed by atoms with van der Waals surface area (Å²) in [5.74, 6) is -4.68. The number of carboxylic acid groups (broad SMARTS) is 1. The third-order valence-electron chi connectivity index (χ3n) is 20.6. The lowest BCUT2D eigenvalue weighted by Crippen LogP contribution is -2.58. The van der Waals surface area contributed by atoms with Crippen LogP contribution in [0, 0.1) is 23.6 Å². The van der Waals surface area contributed by atoms with Crippen molar-refractivity contribution in [3.05, 3.63) is 51.7 Å². The van der Waals surface area contributed by atoms with E-state index in [1.165, 1.54) is 51.9 Å². The van der Waals surface area contributed by atoms with Crippen LogP contribution < -0.4 is 21.3 Å². The second kappa shape index (κ2) is 73.8. The number of aliphatic hydroxyl groups excluding tert-OH is 5. The van der Waals surface area contributed by atoms with Crippen molar-refractivity contribution in [3.63, 3.8) is 0 Å². The predicted molar refractivity (Wildman–Crippen MR) is 480 cm³/mol. The number of nitrogens with one attached hydrogen (secondary N) is 4. The van der Waals surface area contributed by atoms with Crippen molar-refractivity contribution in [1.82, 2.24) is 36.1 Å². The van der Waals surface area contributed by atoms with Crippen molar-refractivity contribution in [2.45, 2.75) is 310 Å². The van der Waals surface area contributed by atoms with Crippen molar-refractivity contribution in [1.29, 1.82) is 0 Å². The highest BCUT2D eigenvalue weighted by Gasteiger charge is 2.39. The van der Waals surface area contributed by atoms with Gasteiger partial charge >= 0.3 is 29.8 Å². The van der Waals surface area contributed by atoms with Gasteiger partial charge in [0.1, 0.15) is 54.6 Å². The minimum Gasteiger partial charge on any atom is -0.481 e. The van der Waals surface area contributed by atoms with Gasteiger partial charge in [0.25, 0.3) is 5.91 Å². The van der Waals surface area contributed by atoms with E-state index in [1.54, 1.807) is 31.4 Å². The number of likely N-dealkylation sites (N-methyl/N-ethyl adjacent to an activating group) is 1. The minimum atomic E-state index is -0.945. The Hall–Kier alpha value is -6.77. The van der Waals surface area contributed by atoms with Gasteiger partial charge in [-0.25, -0.2) is 9.37 Å². The smallest absolute Gasteiger partial charge is 0.309 e. The number of aliphatic hydroxyl groups is 5. The van der Waals surface area contributed by atoms with Crippen molar-refractivity contribution in [2.75, 3.05) is 127 Å². The third-order valence-corrected chi connectivity index (χ3v) is 21.7. The summed E-state index contributed by atoms with van der Waals surface area (Å²) in [7, 11) is 7.67. The van der Waals surface area contributed by atoms with Gasteiger partial charge in [0.2, 0.25) is 23.6 Å². The molecule has 0 bridgehead atoms. The second-order valence-corrected chi connectivity index (χ2v) is 32.7. The van der Waals surface area contributed by atoms with Crippen LogP contribution in [0.25, 0.3) is 0 Å². The lowest BCUT2D eigenvalue weighted by atomic mass is 9.92. The zero-order chi connectivity index (χ0) is 96.5. The molecule has 5 amide bonds. The number of esters is 4. The molecule has 0 saturated carbocycles. The molecule has 1 saturated heterocycles. The maximum Gasteiger partial charge on any atom is 0.309 e. The van der Waals surface area contributed by atoms with Crippen LogP contribution in [-0.4, -0.2) is 312 Å². The summed E-state index contributed by atoms with van der Waals surface area (Å²) in [6, 6.07) is 4.07. The molecule has 0 aliphatic carbocycles. The molecule has 1 aromatic carbocycles. The molecule has 1 fully saturated rings. The number of aliphatic carboxylic acids is 1. The summed E-state index contributed by atoms with van der Waals surface area (Å²) in [5.41, 5.74) is 0.900. The van der Waals surface area contributed by atoms with E-state index in [2.05, 4.69) is 52.6 Å². The van der Waals surface area contributed by atoms with Gasteiger partial charge in [-0.15, -0.1) is 11.3 Å². The maximum atomic E-state index is 14.8. The van der Waals surface area contributed by atoms with Gasteiger partial charge in [-0.2, -0.15) is 12.6 Å². The first-order valence-corrected chi connectivity index (χ1v) is 46.4. The number of ether oxygens (including phenoxy) is 13. The van der Waals surface area contributed by atoms with Crippen molar-refractivity contribution in [2.24, 2.45) is 17.8 Å². The molecule has 36 nitrogen and oxygen atoms in total. The molecule has 0 spiro atoms. The standard InChI is InChI=1S/C56H91FN6O12S.C14H27NO6S.C12H22O7.C7H16O4/c1-12-26-63(55(69)51(37(7)14-3)61-53(68)45-19-16-17-27-62(45)10)46(36(5)6)31-47(72-28-13-2)54-60-44(35-76-54)52(67)59-42(30-40-22-24-41(57)25-23-40)29-38(8)56(70)74-39(9)32-58-48(65)20-18-21-49(66)73-34-50(71-11)75-43(15-4)33-64;1-3-11(9-16)21-14(19-2)10-20-13(18)6-4-5-12(17)15-7-8-22;1-3-9(7-13)19-12(17-2)8-18-11(16)6-4-5-10(14)15;1-3-6(4-8)11-7(5-9)10-2/h22-25,35-39,42-43,45-47,50-51,64H,12-21,26-34H2,1-11H3,(H,58,65)(H,59,67)(H,61,68);11,14,16,22H,3-10H2,1-2H3,(H,15,17);9,12-13H,3-8H2,1-2H3,(H,14,15);6-9H,3-5H2,1-2H3/t37-,38-,39?,42+,43?,45+,46?,47+,50?,51-;;;/m0.../s1. The number of aromatic nitrogens is 1. The second-order valence-electron chi connectivity index (χ2n) is 31.4. The molecule has 16 atom stereocenters. The van der Waals surface area contributed by atoms with Crippen LogP contribution in [0.15, 0.2) is 29.6 Å². The highest BCUT2D eigenvalue weighted by Crippen LogP contribution is 2.33. The topological polar surface area (TPSA) is 480 Å². The fourth-order valence-corrected chi connectivity index (χ4v) is 13.5. The van der Waals surface area contributed by atoms with Crippen LogP contribution in [0.1, 0.15) is 245 Å². The number of halogens is 1. The average molecular weight is 1870 g/mol. The van der Waals surface area contributed by atoms with E-state index < -0.39 is 103 Å². The van der Waals surface area contributed by atoms with E-state index in [0.717, 1.165) is 37.8 Å². The van der Waals surface area contributed by atoms with Crippen LogP contribution in [0.4, 0.5) is 4.39 Å². The molecular weight excluding hydrogens is 1710 g/mol. The molecule has 39 heteroatoms. The monoisotopic (exact) mass is 1870 g/mol. The highest BCUT2D eigenvalue weighted by atomic mass is 32.1. The van der Waals surface area contributed by atoms with Crippen LogP contribution in [0.2, 0.25) is 0 Å². The molecule has 1 aliphatic rings. The van der Waals surface area contributed by atoms with E-state index in [4.69, 9.17) is 92.1 Å². The average Bonchev–Trinajstić information content (AvgIpc) is 1.25. The van der Waals surface area contributed by atoms with Gasteiger partial charge < -0.3 is 118 Å². The fraction of sp³-hybridized carbons (Fsp3) is 0.787. The number of piperidine rings is 1. The number of benzene rings is 1. The van der Waals surface area contributed by atoms with Crippen LogP contribution in [0.5, 0.6) is 0 Å². The number of rotatable bonds is 66. The number of carbonyl (C=O) groups excluding carboxylic acids is 9. The molecule has 2 heterocycles. The van der Waals surface area contributed by atoms with Gasteiger partial charge in [-0.3, -0.25) is 52.8 Å². The summed E-state index contributed by atoms with van der Waals surface area (Å²) < 4.78 is 82.7. The lowest BCUT2D eigenvalue weighted by molar-refractivity contribution is -0.194. The summed E-state index contributed by atoms with van der Waals surface area (Å²) in [6.07, 6.45) is 4.03. The quantitative estimate of drug-likeness (QED) is 0.0129. The predicted octanol–water partition coefficient (Wildman–Crippen LogP) is 8.10. The Kier molecular flexibility index (Phi) is 69.9. The van der Waals surface area contributed by atoms with Crippen LogP contribution >= 0.6 is 24.0 Å². The zero-order valence-corrected chi connectivity index (χ0v) is 80.5.